The highest BCUT2D eigenvalue weighted by Gasteiger charge is 2.10. The molecular weight excluding hydrogens is 427 g/mol. The first-order valence-electron chi connectivity index (χ1n) is 10.2. The first kappa shape index (κ1) is 25.8. The summed E-state index contributed by atoms with van der Waals surface area (Å²) in [6, 6.07) is 0. The van der Waals surface area contributed by atoms with E-state index in [0.29, 0.717) is 23.8 Å². The number of rotatable bonds is 10. The van der Waals surface area contributed by atoms with E-state index < -0.39 is 0 Å². The first-order valence-corrected chi connectivity index (χ1v) is 11.0. The van der Waals surface area contributed by atoms with Crippen molar-refractivity contribution in [2.75, 3.05) is 59.7 Å². The lowest BCUT2D eigenvalue weighted by Gasteiger charge is -2.18. The van der Waals surface area contributed by atoms with E-state index in [9.17, 15) is 0 Å². The molecule has 0 aliphatic heterocycles. The van der Waals surface area contributed by atoms with E-state index in [0.717, 1.165) is 39.3 Å². The second kappa shape index (κ2) is 13.9. The van der Waals surface area contributed by atoms with Crippen molar-refractivity contribution in [1.82, 2.24) is 29.9 Å². The van der Waals surface area contributed by atoms with Gasteiger partial charge < -0.3 is 20.4 Å². The van der Waals surface area contributed by atoms with Gasteiger partial charge in [-0.15, -0.1) is 0 Å². The highest BCUT2D eigenvalue weighted by molar-refractivity contribution is 6.28. The SMILES string of the molecule is CCNc1nc(Cl)nc(N(CC)CC)n1.CCNc1nc(Cl)nc(N(CC)CC)n1. The quantitative estimate of drug-likeness (QED) is 0.547. The maximum Gasteiger partial charge on any atom is 0.231 e. The zero-order valence-corrected chi connectivity index (χ0v) is 20.1. The molecule has 0 radical (unpaired) electrons. The summed E-state index contributed by atoms with van der Waals surface area (Å²) in [5, 5.41) is 6.49. The summed E-state index contributed by atoms with van der Waals surface area (Å²) in [7, 11) is 0. The van der Waals surface area contributed by atoms with Crippen LogP contribution in [-0.4, -0.2) is 69.2 Å². The van der Waals surface area contributed by atoms with Crippen molar-refractivity contribution in [2.24, 2.45) is 0 Å². The van der Waals surface area contributed by atoms with Crippen LogP contribution in [0.2, 0.25) is 10.6 Å². The zero-order chi connectivity index (χ0) is 22.5. The molecule has 2 N–H and O–H groups in total. The van der Waals surface area contributed by atoms with Crippen LogP contribution in [-0.2, 0) is 0 Å². The molecule has 0 fully saturated rings. The summed E-state index contributed by atoms with van der Waals surface area (Å²) in [6.07, 6.45) is 0. The van der Waals surface area contributed by atoms with Crippen molar-refractivity contribution in [2.45, 2.75) is 41.5 Å². The van der Waals surface area contributed by atoms with Crippen LogP contribution in [0.25, 0.3) is 0 Å². The van der Waals surface area contributed by atoms with E-state index in [4.69, 9.17) is 23.2 Å². The van der Waals surface area contributed by atoms with Crippen molar-refractivity contribution < 1.29 is 0 Å². The third kappa shape index (κ3) is 8.27. The summed E-state index contributed by atoms with van der Waals surface area (Å²) >= 11 is 11.6. The molecule has 0 amide bonds. The maximum absolute atomic E-state index is 5.81. The van der Waals surface area contributed by atoms with Gasteiger partial charge in [-0.25, -0.2) is 0 Å². The minimum Gasteiger partial charge on any atom is -0.354 e. The average Bonchev–Trinajstić information content (AvgIpc) is 2.70. The first-order chi connectivity index (χ1) is 14.4. The van der Waals surface area contributed by atoms with Crippen molar-refractivity contribution in [3.8, 4) is 0 Å². The minimum atomic E-state index is 0.225. The van der Waals surface area contributed by atoms with Crippen LogP contribution in [0.3, 0.4) is 0 Å². The fourth-order valence-electron chi connectivity index (χ4n) is 2.45. The predicted molar refractivity (Wildman–Crippen MR) is 125 cm³/mol. The lowest BCUT2D eigenvalue weighted by Crippen LogP contribution is -2.25. The Kier molecular flexibility index (Phi) is 12.0. The molecule has 0 bridgehead atoms. The Morgan fingerprint density at radius 2 is 0.900 bits per heavy atom. The minimum absolute atomic E-state index is 0.225. The molecule has 168 valence electrons. The second-order valence-corrected chi connectivity index (χ2v) is 6.54. The van der Waals surface area contributed by atoms with Gasteiger partial charge in [0.1, 0.15) is 0 Å². The maximum atomic E-state index is 5.81. The number of aromatic nitrogens is 6. The average molecular weight is 459 g/mol. The van der Waals surface area contributed by atoms with Gasteiger partial charge in [0, 0.05) is 39.3 Å². The molecule has 0 aromatic carbocycles. The van der Waals surface area contributed by atoms with Gasteiger partial charge in [-0.1, -0.05) is 0 Å². The highest BCUT2D eigenvalue weighted by Crippen LogP contribution is 2.14. The van der Waals surface area contributed by atoms with E-state index in [-0.39, 0.29) is 10.6 Å². The number of hydrogen-bond donors (Lipinski definition) is 2. The van der Waals surface area contributed by atoms with E-state index in [1.165, 1.54) is 0 Å². The zero-order valence-electron chi connectivity index (χ0n) is 18.6. The second-order valence-electron chi connectivity index (χ2n) is 5.86. The number of halogens is 2. The van der Waals surface area contributed by atoms with Gasteiger partial charge in [0.2, 0.25) is 34.4 Å². The van der Waals surface area contributed by atoms with Gasteiger partial charge in [-0.05, 0) is 64.7 Å². The molecule has 2 rings (SSSR count). The van der Waals surface area contributed by atoms with Gasteiger partial charge >= 0.3 is 0 Å². The molecule has 12 heteroatoms. The van der Waals surface area contributed by atoms with E-state index in [1.807, 2.05) is 51.3 Å². The molecule has 0 atom stereocenters. The Labute approximate surface area is 188 Å². The Hall–Kier alpha value is -2.20. The van der Waals surface area contributed by atoms with E-state index >= 15 is 0 Å². The van der Waals surface area contributed by atoms with E-state index in [2.05, 4.69) is 40.5 Å². The lowest BCUT2D eigenvalue weighted by atomic mass is 10.5. The molecule has 10 nitrogen and oxygen atoms in total. The van der Waals surface area contributed by atoms with Gasteiger partial charge in [0.25, 0.3) is 0 Å². The van der Waals surface area contributed by atoms with Crippen molar-refractivity contribution >= 4 is 47.0 Å². The summed E-state index contributed by atoms with van der Waals surface area (Å²) < 4.78 is 0. The number of anilines is 4. The Morgan fingerprint density at radius 3 is 1.17 bits per heavy atom. The van der Waals surface area contributed by atoms with Crippen LogP contribution >= 0.6 is 23.2 Å². The topological polar surface area (TPSA) is 108 Å². The van der Waals surface area contributed by atoms with Gasteiger partial charge in [0.05, 0.1) is 0 Å². The molecule has 30 heavy (non-hydrogen) atoms. The normalized spacial score (nSPS) is 10.1. The molecule has 0 saturated carbocycles. The largest absolute Gasteiger partial charge is 0.354 e. The van der Waals surface area contributed by atoms with Crippen LogP contribution < -0.4 is 20.4 Å². The van der Waals surface area contributed by atoms with Crippen LogP contribution in [0, 0.1) is 0 Å². The highest BCUT2D eigenvalue weighted by atomic mass is 35.5. The number of nitrogens with one attached hydrogen (secondary N) is 2. The summed E-state index contributed by atoms with van der Waals surface area (Å²) in [6.45, 7) is 17.1. The summed E-state index contributed by atoms with van der Waals surface area (Å²) in [5.74, 6) is 2.30. The van der Waals surface area contributed by atoms with Crippen molar-refractivity contribution in [3.05, 3.63) is 10.6 Å². The molecule has 2 heterocycles. The molecule has 2 aromatic rings. The van der Waals surface area contributed by atoms with Gasteiger partial charge in [-0.3, -0.25) is 0 Å². The third-order valence-electron chi connectivity index (χ3n) is 3.95. The summed E-state index contributed by atoms with van der Waals surface area (Å²) in [5.41, 5.74) is 0. The van der Waals surface area contributed by atoms with Crippen LogP contribution in [0.5, 0.6) is 0 Å². The van der Waals surface area contributed by atoms with Crippen LogP contribution in [0.4, 0.5) is 23.8 Å². The molecule has 2 aromatic heterocycles. The predicted octanol–water partition coefficient (Wildman–Crippen LogP) is 3.61. The molecule has 0 spiro atoms. The monoisotopic (exact) mass is 458 g/mol. The van der Waals surface area contributed by atoms with Gasteiger partial charge in [0.15, 0.2) is 0 Å². The molecule has 0 saturated heterocycles. The lowest BCUT2D eigenvalue weighted by molar-refractivity contribution is 0.811. The number of hydrogen-bond acceptors (Lipinski definition) is 10. The Morgan fingerprint density at radius 1 is 0.567 bits per heavy atom. The van der Waals surface area contributed by atoms with Crippen molar-refractivity contribution in [1.29, 1.82) is 0 Å². The smallest absolute Gasteiger partial charge is 0.231 e. The molecule has 0 aliphatic rings. The van der Waals surface area contributed by atoms with Crippen LogP contribution in [0.1, 0.15) is 41.5 Å². The van der Waals surface area contributed by atoms with Gasteiger partial charge in [-0.2, -0.15) is 29.9 Å². The Balaban J connectivity index is 0.000000300. The standard InChI is InChI=1S/2C9H16ClN5/c2*1-4-11-8-12-7(10)13-9(14-8)15(5-2)6-3/h2*4-6H2,1-3H3,(H,11,12,13,14). The van der Waals surface area contributed by atoms with Crippen molar-refractivity contribution in [3.63, 3.8) is 0 Å². The van der Waals surface area contributed by atoms with E-state index in [1.54, 1.807) is 0 Å². The fourth-order valence-corrected chi connectivity index (χ4v) is 2.76. The van der Waals surface area contributed by atoms with Crippen LogP contribution in [0.15, 0.2) is 0 Å². The number of nitrogens with zero attached hydrogens (tertiary/aromatic N) is 8. The molecule has 0 aliphatic carbocycles. The fraction of sp³-hybridized carbons (Fsp3) is 0.667. The Bertz CT molecular complexity index is 690. The summed E-state index contributed by atoms with van der Waals surface area (Å²) in [4.78, 5) is 28.7. The third-order valence-corrected chi connectivity index (χ3v) is 4.29. The molecule has 0 unspecified atom stereocenters. The molecular formula is C18H32Cl2N10.